The Morgan fingerprint density at radius 3 is 2.87 bits per heavy atom. The third-order valence-electron chi connectivity index (χ3n) is 2.14. The largest absolute Gasteiger partial charge is 0.368 e. The van der Waals surface area contributed by atoms with Crippen molar-refractivity contribution in [3.05, 3.63) is 12.2 Å². The van der Waals surface area contributed by atoms with E-state index in [1.807, 2.05) is 14.0 Å². The second-order valence-electron chi connectivity index (χ2n) is 3.44. The van der Waals surface area contributed by atoms with E-state index in [2.05, 4.69) is 15.5 Å². The van der Waals surface area contributed by atoms with Gasteiger partial charge in [0, 0.05) is 13.6 Å². The Kier molecular flexibility index (Phi) is 3.75. The molecule has 0 aliphatic carbocycles. The van der Waals surface area contributed by atoms with E-state index >= 15 is 0 Å². The molecule has 7 heteroatoms. The van der Waals surface area contributed by atoms with Crippen molar-refractivity contribution in [1.29, 1.82) is 0 Å². The molecule has 0 spiro atoms. The highest BCUT2D eigenvalue weighted by Gasteiger charge is 2.14. The number of nitrogens with zero attached hydrogens (tertiary/aromatic N) is 3. The molecule has 1 amide bonds. The minimum absolute atomic E-state index is 0.0251. The highest BCUT2D eigenvalue weighted by Crippen LogP contribution is 2.06. The Bertz CT molecular complexity index is 336. The first-order valence-corrected chi connectivity index (χ1v) is 4.64. The van der Waals surface area contributed by atoms with Gasteiger partial charge >= 0.3 is 0 Å². The Hall–Kier alpha value is -1.47. The first-order valence-electron chi connectivity index (χ1n) is 4.64. The molecule has 15 heavy (non-hydrogen) atoms. The molecule has 0 radical (unpaired) electrons. The van der Waals surface area contributed by atoms with Gasteiger partial charge in [0.05, 0.1) is 12.1 Å². The lowest BCUT2D eigenvalue weighted by atomic mass is 10.2. The molecular weight excluding hydrogens is 196 g/mol. The van der Waals surface area contributed by atoms with Gasteiger partial charge in [0.1, 0.15) is 12.2 Å². The minimum Gasteiger partial charge on any atom is -0.368 e. The van der Waals surface area contributed by atoms with Crippen molar-refractivity contribution >= 4 is 5.91 Å². The normalized spacial score (nSPS) is 14.9. The van der Waals surface area contributed by atoms with Gasteiger partial charge in [-0.1, -0.05) is 0 Å². The minimum atomic E-state index is -0.680. The van der Waals surface area contributed by atoms with Crippen molar-refractivity contribution in [3.63, 3.8) is 0 Å². The van der Waals surface area contributed by atoms with Crippen LogP contribution >= 0.6 is 0 Å². The molecular formula is C8H16N6O. The third kappa shape index (κ3) is 3.00. The zero-order valence-corrected chi connectivity index (χ0v) is 8.84. The highest BCUT2D eigenvalue weighted by atomic mass is 16.1. The SMILES string of the molecule is CC(NCC(N)C(N)=O)c1nncn1C. The number of rotatable bonds is 5. The number of hydrogen-bond acceptors (Lipinski definition) is 5. The predicted molar refractivity (Wildman–Crippen MR) is 54.6 cm³/mol. The molecule has 1 aromatic rings. The number of nitrogens with one attached hydrogen (secondary N) is 1. The van der Waals surface area contributed by atoms with Crippen molar-refractivity contribution < 1.29 is 4.79 Å². The average Bonchev–Trinajstić information content (AvgIpc) is 2.60. The van der Waals surface area contributed by atoms with Gasteiger partial charge in [0.2, 0.25) is 5.91 Å². The number of amides is 1. The summed E-state index contributed by atoms with van der Waals surface area (Å²) in [7, 11) is 1.85. The van der Waals surface area contributed by atoms with Gasteiger partial charge in [-0.25, -0.2) is 0 Å². The lowest BCUT2D eigenvalue weighted by molar-refractivity contribution is -0.119. The van der Waals surface area contributed by atoms with Crippen LogP contribution in [0.15, 0.2) is 6.33 Å². The Morgan fingerprint density at radius 1 is 1.73 bits per heavy atom. The van der Waals surface area contributed by atoms with Crippen LogP contribution in [0.4, 0.5) is 0 Å². The summed E-state index contributed by atoms with van der Waals surface area (Å²) in [5, 5.41) is 10.7. The van der Waals surface area contributed by atoms with E-state index in [1.165, 1.54) is 0 Å². The van der Waals surface area contributed by atoms with Crippen molar-refractivity contribution in [3.8, 4) is 0 Å². The molecule has 0 saturated carbocycles. The molecule has 2 unspecified atom stereocenters. The number of aryl methyl sites for hydroxylation is 1. The van der Waals surface area contributed by atoms with Gasteiger partial charge in [-0.15, -0.1) is 10.2 Å². The second-order valence-corrected chi connectivity index (χ2v) is 3.44. The predicted octanol–water partition coefficient (Wildman–Crippen LogP) is -1.72. The fourth-order valence-corrected chi connectivity index (χ4v) is 1.18. The summed E-state index contributed by atoms with van der Waals surface area (Å²) in [5.74, 6) is 0.263. The average molecular weight is 212 g/mol. The molecule has 1 aromatic heterocycles. The van der Waals surface area contributed by atoms with Crippen LogP contribution in [0.1, 0.15) is 18.8 Å². The molecule has 7 nitrogen and oxygen atoms in total. The summed E-state index contributed by atoms with van der Waals surface area (Å²) in [6.07, 6.45) is 1.61. The Balaban J connectivity index is 2.47. The fourth-order valence-electron chi connectivity index (χ4n) is 1.18. The van der Waals surface area contributed by atoms with Crippen molar-refractivity contribution in [2.75, 3.05) is 6.54 Å². The monoisotopic (exact) mass is 212 g/mol. The van der Waals surface area contributed by atoms with Gasteiger partial charge in [0.15, 0.2) is 0 Å². The highest BCUT2D eigenvalue weighted by molar-refractivity contribution is 5.79. The molecule has 5 N–H and O–H groups in total. The molecule has 0 aromatic carbocycles. The summed E-state index contributed by atoms with van der Waals surface area (Å²) in [6, 6.07) is -0.705. The molecule has 1 rings (SSSR count). The molecule has 84 valence electrons. The first kappa shape index (κ1) is 11.6. The zero-order chi connectivity index (χ0) is 11.4. The maximum absolute atomic E-state index is 10.7. The zero-order valence-electron chi connectivity index (χ0n) is 8.84. The van der Waals surface area contributed by atoms with Crippen molar-refractivity contribution in [2.24, 2.45) is 18.5 Å². The van der Waals surface area contributed by atoms with E-state index in [0.717, 1.165) is 5.82 Å². The first-order chi connectivity index (χ1) is 7.02. The quantitative estimate of drug-likeness (QED) is 0.537. The fraction of sp³-hybridized carbons (Fsp3) is 0.625. The summed E-state index contributed by atoms with van der Waals surface area (Å²) in [5.41, 5.74) is 10.5. The summed E-state index contributed by atoms with van der Waals surface area (Å²) in [6.45, 7) is 2.24. The standard InChI is InChI=1S/C8H16N6O/c1-5(8-13-12-4-14(8)2)11-3-6(9)7(10)15/h4-6,11H,3,9H2,1-2H3,(H2,10,15). The van der Waals surface area contributed by atoms with E-state index in [0.29, 0.717) is 6.54 Å². The van der Waals surface area contributed by atoms with Gasteiger partial charge in [-0.2, -0.15) is 0 Å². The van der Waals surface area contributed by atoms with Crippen LogP contribution in [-0.4, -0.2) is 33.3 Å². The smallest absolute Gasteiger partial charge is 0.235 e. The Labute approximate surface area is 87.8 Å². The van der Waals surface area contributed by atoms with E-state index in [4.69, 9.17) is 11.5 Å². The maximum atomic E-state index is 10.7. The van der Waals surface area contributed by atoms with Gasteiger partial charge in [0.25, 0.3) is 0 Å². The van der Waals surface area contributed by atoms with Crippen LogP contribution in [0, 0.1) is 0 Å². The Morgan fingerprint density at radius 2 is 2.40 bits per heavy atom. The van der Waals surface area contributed by atoms with Crippen molar-refractivity contribution in [1.82, 2.24) is 20.1 Å². The molecule has 1 heterocycles. The van der Waals surface area contributed by atoms with Gasteiger partial charge in [-0.05, 0) is 6.92 Å². The van der Waals surface area contributed by atoms with Crippen LogP contribution in [0.2, 0.25) is 0 Å². The van der Waals surface area contributed by atoms with E-state index in [-0.39, 0.29) is 6.04 Å². The van der Waals surface area contributed by atoms with Crippen LogP contribution < -0.4 is 16.8 Å². The lowest BCUT2D eigenvalue weighted by Gasteiger charge is -2.14. The molecule has 0 bridgehead atoms. The number of primary amides is 1. The summed E-state index contributed by atoms with van der Waals surface area (Å²) in [4.78, 5) is 10.7. The number of carbonyl (C=O) groups excluding carboxylic acids is 1. The molecule has 0 aliphatic rings. The van der Waals surface area contributed by atoms with E-state index < -0.39 is 11.9 Å². The lowest BCUT2D eigenvalue weighted by Crippen LogP contribution is -2.45. The third-order valence-corrected chi connectivity index (χ3v) is 2.14. The summed E-state index contributed by atoms with van der Waals surface area (Å²) >= 11 is 0. The number of aromatic nitrogens is 3. The van der Waals surface area contributed by atoms with Crippen molar-refractivity contribution in [2.45, 2.75) is 19.0 Å². The number of carbonyl (C=O) groups is 1. The van der Waals surface area contributed by atoms with Crippen LogP contribution in [0.3, 0.4) is 0 Å². The van der Waals surface area contributed by atoms with Crippen LogP contribution in [0.5, 0.6) is 0 Å². The molecule has 0 fully saturated rings. The maximum Gasteiger partial charge on any atom is 0.235 e. The molecule has 0 saturated heterocycles. The number of nitrogens with two attached hydrogens (primary N) is 2. The number of hydrogen-bond donors (Lipinski definition) is 3. The second kappa shape index (κ2) is 4.85. The van der Waals surface area contributed by atoms with Gasteiger partial charge < -0.3 is 21.4 Å². The topological polar surface area (TPSA) is 112 Å². The van der Waals surface area contributed by atoms with Crippen LogP contribution in [0.25, 0.3) is 0 Å². The van der Waals surface area contributed by atoms with Crippen LogP contribution in [-0.2, 0) is 11.8 Å². The molecule has 0 aliphatic heterocycles. The van der Waals surface area contributed by atoms with Gasteiger partial charge in [-0.3, -0.25) is 4.79 Å². The molecule has 2 atom stereocenters. The van der Waals surface area contributed by atoms with E-state index in [1.54, 1.807) is 10.9 Å². The summed E-state index contributed by atoms with van der Waals surface area (Å²) < 4.78 is 1.80. The van der Waals surface area contributed by atoms with E-state index in [9.17, 15) is 4.79 Å².